The van der Waals surface area contributed by atoms with Crippen LogP contribution in [0.25, 0.3) is 0 Å². The smallest absolute Gasteiger partial charge is 0.138 e. The van der Waals surface area contributed by atoms with Crippen LogP contribution in [0, 0.1) is 11.6 Å². The highest BCUT2D eigenvalue weighted by Crippen LogP contribution is 2.36. The van der Waals surface area contributed by atoms with Crippen molar-refractivity contribution in [3.63, 3.8) is 0 Å². The van der Waals surface area contributed by atoms with Crippen molar-refractivity contribution in [3.8, 4) is 0 Å². The highest BCUT2D eigenvalue weighted by molar-refractivity contribution is 6.08. The summed E-state index contributed by atoms with van der Waals surface area (Å²) in [5, 5.41) is 7.09. The Morgan fingerprint density at radius 1 is 0.971 bits per heavy atom. The standard InChI is InChI=1S/C28H30F2N4/c1-18(2)20-6-11-25-24(15-20)28(33-27-16-22(30)9-12-26(27)32-25)34-14-13-31-23(17-34)10-5-19-3-7-21(29)8-4-19/h3-4,6-9,11-12,15-16,18,23,31-32H,5,10,13-14,17H2,1-2H3. The summed E-state index contributed by atoms with van der Waals surface area (Å²) in [6.07, 6.45) is 1.82. The molecule has 0 aliphatic carbocycles. The van der Waals surface area contributed by atoms with Crippen molar-refractivity contribution in [2.24, 2.45) is 4.99 Å². The van der Waals surface area contributed by atoms with Gasteiger partial charge in [0.05, 0.1) is 11.4 Å². The number of aryl methyl sites for hydroxylation is 1. The fourth-order valence-electron chi connectivity index (χ4n) is 4.68. The summed E-state index contributed by atoms with van der Waals surface area (Å²) < 4.78 is 27.3. The quantitative estimate of drug-likeness (QED) is 0.492. The molecule has 176 valence electrons. The number of hydrogen-bond donors (Lipinski definition) is 2. The monoisotopic (exact) mass is 460 g/mol. The number of piperazine rings is 1. The van der Waals surface area contributed by atoms with Crippen molar-refractivity contribution in [1.29, 1.82) is 0 Å². The Morgan fingerprint density at radius 3 is 2.53 bits per heavy atom. The Bertz CT molecular complexity index is 1200. The Morgan fingerprint density at radius 2 is 1.74 bits per heavy atom. The average molecular weight is 461 g/mol. The predicted octanol–water partition coefficient (Wildman–Crippen LogP) is 6.13. The van der Waals surface area contributed by atoms with Crippen LogP contribution in [0.2, 0.25) is 0 Å². The van der Waals surface area contributed by atoms with Gasteiger partial charge in [-0.05, 0) is 66.3 Å². The molecular formula is C28H30F2N4. The van der Waals surface area contributed by atoms with Gasteiger partial charge in [-0.2, -0.15) is 0 Å². The van der Waals surface area contributed by atoms with E-state index in [1.165, 1.54) is 29.8 Å². The lowest BCUT2D eigenvalue weighted by atomic mass is 9.98. The van der Waals surface area contributed by atoms with Crippen LogP contribution in [-0.4, -0.2) is 36.4 Å². The number of fused-ring (bicyclic) bond motifs is 2. The molecule has 4 nitrogen and oxygen atoms in total. The molecule has 3 aromatic rings. The molecule has 1 saturated heterocycles. The molecule has 0 saturated carbocycles. The fourth-order valence-corrected chi connectivity index (χ4v) is 4.68. The summed E-state index contributed by atoms with van der Waals surface area (Å²) in [6, 6.07) is 18.2. The number of nitrogens with zero attached hydrogens (tertiary/aromatic N) is 2. The van der Waals surface area contributed by atoms with Gasteiger partial charge in [-0.1, -0.05) is 32.0 Å². The van der Waals surface area contributed by atoms with Gasteiger partial charge < -0.3 is 15.5 Å². The first-order valence-corrected chi connectivity index (χ1v) is 12.0. The van der Waals surface area contributed by atoms with Gasteiger partial charge in [0.1, 0.15) is 17.5 Å². The van der Waals surface area contributed by atoms with E-state index >= 15 is 0 Å². The molecule has 2 N–H and O–H groups in total. The van der Waals surface area contributed by atoms with Crippen LogP contribution in [0.3, 0.4) is 0 Å². The molecule has 1 atom stereocenters. The van der Waals surface area contributed by atoms with Crippen molar-refractivity contribution in [2.45, 2.75) is 38.6 Å². The lowest BCUT2D eigenvalue weighted by molar-refractivity contribution is 0.282. The van der Waals surface area contributed by atoms with E-state index in [1.807, 2.05) is 12.1 Å². The van der Waals surface area contributed by atoms with E-state index in [1.54, 1.807) is 6.07 Å². The van der Waals surface area contributed by atoms with Gasteiger partial charge in [-0.25, -0.2) is 13.8 Å². The molecule has 0 radical (unpaired) electrons. The predicted molar refractivity (Wildman–Crippen MR) is 134 cm³/mol. The summed E-state index contributed by atoms with van der Waals surface area (Å²) in [6.45, 7) is 6.83. The van der Waals surface area contributed by atoms with Gasteiger partial charge in [0.15, 0.2) is 0 Å². The molecule has 0 bridgehead atoms. The zero-order valence-corrected chi connectivity index (χ0v) is 19.6. The number of amidine groups is 1. The highest BCUT2D eigenvalue weighted by Gasteiger charge is 2.27. The normalized spacial score (nSPS) is 17.5. The van der Waals surface area contributed by atoms with Gasteiger partial charge in [-0.3, -0.25) is 0 Å². The van der Waals surface area contributed by atoms with Crippen LogP contribution in [0.1, 0.15) is 42.9 Å². The molecule has 2 aliphatic rings. The first kappa shape index (κ1) is 22.5. The molecule has 1 fully saturated rings. The largest absolute Gasteiger partial charge is 0.353 e. The molecule has 2 heterocycles. The van der Waals surface area contributed by atoms with E-state index < -0.39 is 0 Å². The molecule has 2 aliphatic heterocycles. The maximum atomic E-state index is 14.1. The number of hydrogen-bond acceptors (Lipinski definition) is 4. The van der Waals surface area contributed by atoms with Crippen LogP contribution in [-0.2, 0) is 6.42 Å². The molecule has 3 aromatic carbocycles. The Labute approximate surface area is 199 Å². The van der Waals surface area contributed by atoms with Crippen LogP contribution in [0.5, 0.6) is 0 Å². The third-order valence-electron chi connectivity index (χ3n) is 6.66. The Kier molecular flexibility index (Phi) is 6.33. The number of benzene rings is 3. The average Bonchev–Trinajstić information content (AvgIpc) is 3.00. The third kappa shape index (κ3) is 4.82. The molecular weight excluding hydrogens is 430 g/mol. The van der Waals surface area contributed by atoms with Crippen molar-refractivity contribution in [3.05, 3.63) is 89.0 Å². The number of anilines is 2. The van der Waals surface area contributed by atoms with Crippen molar-refractivity contribution >= 4 is 22.9 Å². The number of rotatable bonds is 4. The van der Waals surface area contributed by atoms with Gasteiger partial charge >= 0.3 is 0 Å². The van der Waals surface area contributed by atoms with Crippen LogP contribution >= 0.6 is 0 Å². The SMILES string of the molecule is CC(C)c1ccc2c(c1)C(N1CCNC(CCc3ccc(F)cc3)C1)=Nc1cc(F)ccc1N2. The Balaban J connectivity index is 1.45. The fraction of sp³-hybridized carbons (Fsp3) is 0.321. The van der Waals surface area contributed by atoms with E-state index in [0.717, 1.165) is 60.8 Å². The van der Waals surface area contributed by atoms with Gasteiger partial charge in [-0.15, -0.1) is 0 Å². The summed E-state index contributed by atoms with van der Waals surface area (Å²) >= 11 is 0. The molecule has 6 heteroatoms. The summed E-state index contributed by atoms with van der Waals surface area (Å²) in [5.74, 6) is 0.764. The number of aliphatic imine (C=N–C) groups is 1. The zero-order valence-electron chi connectivity index (χ0n) is 19.6. The topological polar surface area (TPSA) is 39.7 Å². The van der Waals surface area contributed by atoms with E-state index in [4.69, 9.17) is 4.99 Å². The van der Waals surface area contributed by atoms with E-state index in [9.17, 15) is 8.78 Å². The van der Waals surface area contributed by atoms with Crippen LogP contribution < -0.4 is 10.6 Å². The highest BCUT2D eigenvalue weighted by atomic mass is 19.1. The molecule has 0 aromatic heterocycles. The van der Waals surface area contributed by atoms with E-state index in [2.05, 4.69) is 47.6 Å². The lowest BCUT2D eigenvalue weighted by Crippen LogP contribution is -2.53. The minimum atomic E-state index is -0.296. The molecule has 1 unspecified atom stereocenters. The van der Waals surface area contributed by atoms with E-state index in [-0.39, 0.29) is 17.7 Å². The van der Waals surface area contributed by atoms with Crippen LogP contribution in [0.4, 0.5) is 25.8 Å². The molecule has 5 rings (SSSR count). The second kappa shape index (κ2) is 9.55. The first-order valence-electron chi connectivity index (χ1n) is 12.0. The maximum Gasteiger partial charge on any atom is 0.138 e. The second-order valence-corrected chi connectivity index (χ2v) is 9.44. The first-order chi connectivity index (χ1) is 16.5. The van der Waals surface area contributed by atoms with Gasteiger partial charge in [0, 0.05) is 43.0 Å². The summed E-state index contributed by atoms with van der Waals surface area (Å²) in [5.41, 5.74) is 5.81. The van der Waals surface area contributed by atoms with Gasteiger partial charge in [0.25, 0.3) is 0 Å². The minimum absolute atomic E-state index is 0.207. The minimum Gasteiger partial charge on any atom is -0.353 e. The molecule has 0 amide bonds. The van der Waals surface area contributed by atoms with Gasteiger partial charge in [0.2, 0.25) is 0 Å². The third-order valence-corrected chi connectivity index (χ3v) is 6.66. The second-order valence-electron chi connectivity index (χ2n) is 9.44. The maximum absolute atomic E-state index is 14.1. The van der Waals surface area contributed by atoms with Crippen LogP contribution in [0.15, 0.2) is 65.7 Å². The molecule has 0 spiro atoms. The summed E-state index contributed by atoms with van der Waals surface area (Å²) in [7, 11) is 0. The van der Waals surface area contributed by atoms with Crippen molar-refractivity contribution in [1.82, 2.24) is 10.2 Å². The number of halogens is 2. The zero-order chi connectivity index (χ0) is 23.7. The summed E-state index contributed by atoms with van der Waals surface area (Å²) in [4.78, 5) is 7.31. The number of nitrogens with one attached hydrogen (secondary N) is 2. The van der Waals surface area contributed by atoms with Crippen molar-refractivity contribution < 1.29 is 8.78 Å². The van der Waals surface area contributed by atoms with E-state index in [0.29, 0.717) is 11.6 Å². The van der Waals surface area contributed by atoms with Crippen molar-refractivity contribution in [2.75, 3.05) is 25.0 Å². The molecule has 34 heavy (non-hydrogen) atoms. The lowest BCUT2D eigenvalue weighted by Gasteiger charge is -2.36. The Hall–Kier alpha value is -3.25.